The summed E-state index contributed by atoms with van der Waals surface area (Å²) in [7, 11) is 0. The van der Waals surface area contributed by atoms with Gasteiger partial charge in [-0.2, -0.15) is 13.2 Å². The largest absolute Gasteiger partial charge is 0.478 e. The molecule has 1 unspecified atom stereocenters. The van der Waals surface area contributed by atoms with Gasteiger partial charge in [0.1, 0.15) is 11.5 Å². The molecule has 11 heteroatoms. The number of alkyl halides is 3. The minimum absolute atomic E-state index is 0.00913. The van der Waals surface area contributed by atoms with Crippen LogP contribution in [0.1, 0.15) is 18.4 Å². The second-order valence-electron chi connectivity index (χ2n) is 6.26. The number of carboxylic acids is 1. The molecule has 0 bridgehead atoms. The van der Waals surface area contributed by atoms with Crippen molar-refractivity contribution in [3.8, 4) is 11.5 Å². The molecule has 1 heterocycles. The Balaban J connectivity index is 1.88. The second kappa shape index (κ2) is 8.01. The molecule has 0 amide bonds. The van der Waals surface area contributed by atoms with Crippen molar-refractivity contribution in [2.75, 3.05) is 0 Å². The first-order valence-electron chi connectivity index (χ1n) is 8.46. The summed E-state index contributed by atoms with van der Waals surface area (Å²) in [6, 6.07) is 3.65. The summed E-state index contributed by atoms with van der Waals surface area (Å²) in [5, 5.41) is 19.8. The van der Waals surface area contributed by atoms with Crippen molar-refractivity contribution in [2.24, 2.45) is 0 Å². The Bertz CT molecular complexity index is 1020. The fourth-order valence-electron chi connectivity index (χ4n) is 2.79. The topological polar surface area (TPSA) is 98.9 Å². The summed E-state index contributed by atoms with van der Waals surface area (Å²) < 4.78 is 64.0. The maximum absolute atomic E-state index is 14.3. The van der Waals surface area contributed by atoms with Gasteiger partial charge in [0.05, 0.1) is 16.9 Å². The normalized spacial score (nSPS) is 22.5. The Morgan fingerprint density at radius 3 is 2.63 bits per heavy atom. The van der Waals surface area contributed by atoms with Crippen LogP contribution in [0.15, 0.2) is 59.3 Å². The van der Waals surface area contributed by atoms with Crippen LogP contribution < -0.4 is 9.47 Å². The van der Waals surface area contributed by atoms with E-state index in [1.165, 1.54) is 24.3 Å². The molecule has 0 aromatic heterocycles. The lowest BCUT2D eigenvalue weighted by atomic mass is 10.0. The molecule has 158 valence electrons. The Morgan fingerprint density at radius 1 is 1.27 bits per heavy atom. The Labute approximate surface area is 166 Å². The third-order valence-electron chi connectivity index (χ3n) is 4.21. The van der Waals surface area contributed by atoms with Gasteiger partial charge in [0.2, 0.25) is 11.8 Å². The zero-order valence-corrected chi connectivity index (χ0v) is 15.0. The molecule has 0 spiro atoms. The highest BCUT2D eigenvalue weighted by atomic mass is 19.4. The molecule has 1 aliphatic carbocycles. The van der Waals surface area contributed by atoms with Gasteiger partial charge in [0.15, 0.2) is 11.6 Å². The summed E-state index contributed by atoms with van der Waals surface area (Å²) in [5.41, 5.74) is -1.06. The van der Waals surface area contributed by atoms with Crippen molar-refractivity contribution in [2.45, 2.75) is 25.1 Å². The molecule has 1 aromatic carbocycles. The predicted molar refractivity (Wildman–Crippen MR) is 94.7 cm³/mol. The van der Waals surface area contributed by atoms with E-state index in [1.807, 2.05) is 0 Å². The minimum atomic E-state index is -4.96. The first-order chi connectivity index (χ1) is 14.1. The molecular weight excluding hydrogens is 414 g/mol. The smallest absolute Gasteiger partial charge is 0.430 e. The van der Waals surface area contributed by atoms with Gasteiger partial charge in [-0.05, 0) is 42.9 Å². The zero-order valence-electron chi connectivity index (χ0n) is 15.0. The number of hydrogen-bond donors (Lipinski definition) is 1. The highest BCUT2D eigenvalue weighted by Gasteiger charge is 2.48. The lowest BCUT2D eigenvalue weighted by molar-refractivity contribution is -0.427. The van der Waals surface area contributed by atoms with Crippen LogP contribution >= 0.6 is 0 Å². The Hall–Kier alpha value is -3.63. The number of allylic oxidation sites excluding steroid dienone is 4. The average molecular weight is 427 g/mol. The number of nitrogens with zero attached hydrogens (tertiary/aromatic N) is 1. The Kier molecular flexibility index (Phi) is 5.63. The SMILES string of the molecule is O=C(O)C1=Cc2ccc(O/C3=C/C/C=C(/[N+](=O)[O-])CC=C3F)cc2OC1C(F)(F)F. The lowest BCUT2D eigenvalue weighted by Crippen LogP contribution is -2.40. The van der Waals surface area contributed by atoms with Gasteiger partial charge in [0.25, 0.3) is 0 Å². The maximum atomic E-state index is 14.3. The van der Waals surface area contributed by atoms with Crippen molar-refractivity contribution in [1.82, 2.24) is 0 Å². The number of benzene rings is 1. The number of ether oxygens (including phenoxy) is 2. The summed E-state index contributed by atoms with van der Waals surface area (Å²) in [4.78, 5) is 21.3. The summed E-state index contributed by atoms with van der Waals surface area (Å²) in [6.07, 6.45) is -3.54. The molecule has 1 atom stereocenters. The van der Waals surface area contributed by atoms with Gasteiger partial charge >= 0.3 is 12.1 Å². The fourth-order valence-corrected chi connectivity index (χ4v) is 2.79. The summed E-state index contributed by atoms with van der Waals surface area (Å²) in [6.45, 7) is 0. The number of carboxylic acid groups (broad SMARTS) is 1. The van der Waals surface area contributed by atoms with E-state index in [2.05, 4.69) is 0 Å². The molecule has 0 saturated carbocycles. The van der Waals surface area contributed by atoms with Gasteiger partial charge < -0.3 is 14.6 Å². The lowest BCUT2D eigenvalue weighted by Gasteiger charge is -2.27. The van der Waals surface area contributed by atoms with Crippen LogP contribution in [0, 0.1) is 10.1 Å². The van der Waals surface area contributed by atoms with Crippen LogP contribution in [0.3, 0.4) is 0 Å². The van der Waals surface area contributed by atoms with Crippen LogP contribution in [0.4, 0.5) is 17.6 Å². The average Bonchev–Trinajstić information content (AvgIpc) is 2.65. The van der Waals surface area contributed by atoms with E-state index >= 15 is 0 Å². The van der Waals surface area contributed by atoms with Crippen LogP contribution in [0.2, 0.25) is 0 Å². The standard InChI is InChI=1S/C19H13F4NO6/c20-14-7-5-11(24(27)28)2-1-3-15(14)29-12-6-4-10-8-13(18(25)26)17(19(21,22)23)30-16(10)9-12/h2-4,6-9,17H,1,5H2,(H,25,26)/b11-2+,14-7?,15-3+. The molecular formula is C19H13F4NO6. The number of aliphatic carboxylic acids is 1. The Morgan fingerprint density at radius 2 is 2.00 bits per heavy atom. The molecule has 2 aliphatic rings. The number of halogens is 4. The van der Waals surface area contributed by atoms with E-state index in [0.29, 0.717) is 0 Å². The molecule has 0 fully saturated rings. The molecule has 1 aliphatic heterocycles. The number of carbonyl (C=O) groups is 1. The molecule has 0 saturated heterocycles. The third kappa shape index (κ3) is 4.50. The molecule has 1 aromatic rings. The van der Waals surface area contributed by atoms with Gasteiger partial charge in [-0.1, -0.05) is 0 Å². The van der Waals surface area contributed by atoms with E-state index in [4.69, 9.17) is 14.6 Å². The van der Waals surface area contributed by atoms with Crippen molar-refractivity contribution < 1.29 is 41.9 Å². The highest BCUT2D eigenvalue weighted by molar-refractivity contribution is 5.95. The van der Waals surface area contributed by atoms with E-state index in [1.54, 1.807) is 0 Å². The van der Waals surface area contributed by atoms with Crippen molar-refractivity contribution in [1.29, 1.82) is 0 Å². The van der Waals surface area contributed by atoms with E-state index in [9.17, 15) is 32.5 Å². The van der Waals surface area contributed by atoms with Gasteiger partial charge in [-0.15, -0.1) is 0 Å². The highest BCUT2D eigenvalue weighted by Crippen LogP contribution is 2.39. The van der Waals surface area contributed by atoms with E-state index in [-0.39, 0.29) is 41.4 Å². The van der Waals surface area contributed by atoms with Crippen LogP contribution in [-0.4, -0.2) is 28.3 Å². The van der Waals surface area contributed by atoms with E-state index in [0.717, 1.165) is 18.2 Å². The summed E-state index contributed by atoms with van der Waals surface area (Å²) in [5.74, 6) is -3.25. The van der Waals surface area contributed by atoms with Crippen molar-refractivity contribution in [3.63, 3.8) is 0 Å². The van der Waals surface area contributed by atoms with Gasteiger partial charge in [0, 0.05) is 11.6 Å². The number of hydrogen-bond acceptors (Lipinski definition) is 5. The van der Waals surface area contributed by atoms with Gasteiger partial charge in [-0.25, -0.2) is 9.18 Å². The summed E-state index contributed by atoms with van der Waals surface area (Å²) >= 11 is 0. The maximum Gasteiger partial charge on any atom is 0.430 e. The number of nitro groups is 1. The first kappa shape index (κ1) is 21.1. The van der Waals surface area contributed by atoms with Crippen LogP contribution in [0.25, 0.3) is 6.08 Å². The van der Waals surface area contributed by atoms with Crippen LogP contribution in [-0.2, 0) is 4.79 Å². The predicted octanol–water partition coefficient (Wildman–Crippen LogP) is 4.55. The zero-order chi connectivity index (χ0) is 22.1. The fraction of sp³-hybridized carbons (Fsp3) is 0.211. The molecule has 0 radical (unpaired) electrons. The number of fused-ring (bicyclic) bond motifs is 1. The molecule has 30 heavy (non-hydrogen) atoms. The van der Waals surface area contributed by atoms with Crippen LogP contribution in [0.5, 0.6) is 11.5 Å². The monoisotopic (exact) mass is 427 g/mol. The molecule has 7 nitrogen and oxygen atoms in total. The molecule has 3 rings (SSSR count). The minimum Gasteiger partial charge on any atom is -0.478 e. The molecule has 1 N–H and O–H groups in total. The van der Waals surface area contributed by atoms with Crippen molar-refractivity contribution >= 4 is 12.0 Å². The second-order valence-corrected chi connectivity index (χ2v) is 6.26. The van der Waals surface area contributed by atoms with E-state index < -0.39 is 34.6 Å². The number of rotatable bonds is 4. The quantitative estimate of drug-likeness (QED) is 0.430. The first-order valence-corrected chi connectivity index (χ1v) is 8.46. The third-order valence-corrected chi connectivity index (χ3v) is 4.21. The van der Waals surface area contributed by atoms with Crippen molar-refractivity contribution in [3.05, 3.63) is 75.0 Å². The van der Waals surface area contributed by atoms with Gasteiger partial charge in [-0.3, -0.25) is 10.1 Å².